The van der Waals surface area contributed by atoms with Gasteiger partial charge in [0.15, 0.2) is 0 Å². The van der Waals surface area contributed by atoms with Gasteiger partial charge in [0, 0.05) is 45.9 Å². The second-order valence-corrected chi connectivity index (χ2v) is 14.6. The van der Waals surface area contributed by atoms with Gasteiger partial charge in [0.1, 0.15) is 0 Å². The van der Waals surface area contributed by atoms with Crippen molar-refractivity contribution in [1.29, 1.82) is 0 Å². The monoisotopic (exact) mass is 704 g/mol. The standard InChI is InChI=1S/C44H24F8/c45-41(46)31-15-16-32(38-28-14-13-27(37(31)38)29-19-21-7-1-2-8-22(21)20-30(28)29)42(47,48)44(51,52)34-18-17-33(43(41,49)50)39-35-23-9-3-5-11-25(23)36(40(34)39)26-12-6-4-10-24(26)35/h1-20,27-28,35-36H. The van der Waals surface area contributed by atoms with E-state index in [1.54, 1.807) is 84.9 Å². The minimum Gasteiger partial charge on any atom is -0.194 e. The van der Waals surface area contributed by atoms with Crippen LogP contribution < -0.4 is 0 Å². The lowest BCUT2D eigenvalue weighted by Gasteiger charge is -2.47. The molecule has 8 heteroatoms. The van der Waals surface area contributed by atoms with Crippen LogP contribution in [-0.2, 0) is 23.7 Å². The molecule has 8 bridgehead atoms. The van der Waals surface area contributed by atoms with Crippen molar-refractivity contribution in [1.82, 2.24) is 0 Å². The van der Waals surface area contributed by atoms with Crippen molar-refractivity contribution >= 4 is 10.8 Å². The fourth-order valence-electron chi connectivity index (χ4n) is 10.1. The average molecular weight is 705 g/mol. The Morgan fingerprint density at radius 1 is 0.327 bits per heavy atom. The van der Waals surface area contributed by atoms with Gasteiger partial charge < -0.3 is 0 Å². The van der Waals surface area contributed by atoms with Crippen LogP contribution in [-0.4, -0.2) is 0 Å². The normalized spacial score (nSPS) is 25.1. The Morgan fingerprint density at radius 2 is 0.615 bits per heavy atom. The predicted octanol–water partition coefficient (Wildman–Crippen LogP) is 12.1. The van der Waals surface area contributed by atoms with E-state index in [0.29, 0.717) is 57.6 Å². The van der Waals surface area contributed by atoms with E-state index in [9.17, 15) is 0 Å². The van der Waals surface area contributed by atoms with Gasteiger partial charge in [-0.05, 0) is 78.5 Å². The highest BCUT2D eigenvalue weighted by atomic mass is 19.3. The Morgan fingerprint density at radius 3 is 0.942 bits per heavy atom. The number of rotatable bonds is 0. The summed E-state index contributed by atoms with van der Waals surface area (Å²) in [5.74, 6) is -24.3. The van der Waals surface area contributed by atoms with Crippen LogP contribution in [0.3, 0.4) is 0 Å². The van der Waals surface area contributed by atoms with Crippen molar-refractivity contribution in [2.45, 2.75) is 47.4 Å². The molecule has 52 heavy (non-hydrogen) atoms. The van der Waals surface area contributed by atoms with Crippen LogP contribution in [0.5, 0.6) is 0 Å². The van der Waals surface area contributed by atoms with Crippen LogP contribution >= 0.6 is 0 Å². The molecule has 2 atom stereocenters. The van der Waals surface area contributed by atoms with Crippen LogP contribution in [0, 0.1) is 0 Å². The predicted molar refractivity (Wildman–Crippen MR) is 180 cm³/mol. The number of halogens is 8. The van der Waals surface area contributed by atoms with Gasteiger partial charge in [0.25, 0.3) is 0 Å². The summed E-state index contributed by atoms with van der Waals surface area (Å²) in [6.07, 6.45) is 3.08. The Hall–Kier alpha value is -5.24. The highest BCUT2D eigenvalue weighted by molar-refractivity contribution is 5.86. The first kappa shape index (κ1) is 30.4. The van der Waals surface area contributed by atoms with E-state index >= 15 is 35.1 Å². The maximum absolute atomic E-state index is 17.3. The van der Waals surface area contributed by atoms with Crippen molar-refractivity contribution in [3.63, 3.8) is 0 Å². The van der Waals surface area contributed by atoms with Crippen LogP contribution in [0.25, 0.3) is 10.8 Å². The molecule has 0 aromatic heterocycles. The van der Waals surface area contributed by atoms with E-state index in [1.165, 1.54) is 12.2 Å². The van der Waals surface area contributed by atoms with Gasteiger partial charge in [0.05, 0.1) is 0 Å². The highest BCUT2D eigenvalue weighted by Crippen LogP contribution is 2.66. The van der Waals surface area contributed by atoms with Crippen molar-refractivity contribution in [3.8, 4) is 0 Å². The minimum atomic E-state index is -4.93. The maximum atomic E-state index is 17.3. The summed E-state index contributed by atoms with van der Waals surface area (Å²) in [6.45, 7) is 0. The summed E-state index contributed by atoms with van der Waals surface area (Å²) >= 11 is 0. The van der Waals surface area contributed by atoms with Gasteiger partial charge >= 0.3 is 23.7 Å². The van der Waals surface area contributed by atoms with E-state index in [1.807, 2.05) is 0 Å². The summed E-state index contributed by atoms with van der Waals surface area (Å²) in [4.78, 5) is 0. The van der Waals surface area contributed by atoms with Gasteiger partial charge in [0.2, 0.25) is 0 Å². The third-order valence-electron chi connectivity index (χ3n) is 12.3. The maximum Gasteiger partial charge on any atom is 0.340 e. The molecule has 7 aliphatic carbocycles. The number of alkyl halides is 8. The Kier molecular flexibility index (Phi) is 5.49. The van der Waals surface area contributed by atoms with E-state index in [-0.39, 0.29) is 0 Å². The van der Waals surface area contributed by atoms with E-state index in [0.717, 1.165) is 10.8 Å². The van der Waals surface area contributed by atoms with Crippen molar-refractivity contribution < 1.29 is 35.1 Å². The van der Waals surface area contributed by atoms with Gasteiger partial charge in [-0.1, -0.05) is 109 Å². The average Bonchev–Trinajstić information content (AvgIpc) is 3.15. The molecular formula is C44H24F8. The third kappa shape index (κ3) is 3.32. The van der Waals surface area contributed by atoms with Crippen molar-refractivity contribution in [2.75, 3.05) is 0 Å². The quantitative estimate of drug-likeness (QED) is 0.109. The third-order valence-corrected chi connectivity index (χ3v) is 12.3. The smallest absolute Gasteiger partial charge is 0.194 e. The van der Waals surface area contributed by atoms with Crippen LogP contribution in [0.2, 0.25) is 0 Å². The van der Waals surface area contributed by atoms with Gasteiger partial charge in [-0.2, -0.15) is 35.1 Å². The van der Waals surface area contributed by atoms with E-state index in [2.05, 4.69) is 0 Å². The number of allylic oxidation sites excluding steroid dienone is 2. The van der Waals surface area contributed by atoms with Crippen molar-refractivity contribution in [2.24, 2.45) is 0 Å². The molecule has 0 fully saturated rings. The highest BCUT2D eigenvalue weighted by Gasteiger charge is 2.67. The first-order valence-corrected chi connectivity index (χ1v) is 17.1. The molecule has 0 radical (unpaired) electrons. The molecule has 256 valence electrons. The summed E-state index contributed by atoms with van der Waals surface area (Å²) < 4.78 is 138. The SMILES string of the molecule is FC1(F)c2ccc(c3c2C2C=CC3c3cc4ccccc4cc32)C(F)(F)C(F)(F)c2ccc(c3c2C2c4ccccc4C3c3ccccc32)C1(F)F. The Labute approximate surface area is 292 Å². The molecule has 7 aliphatic rings. The van der Waals surface area contributed by atoms with Crippen molar-refractivity contribution in [3.05, 3.63) is 199 Å². The Bertz CT molecular complexity index is 2410. The van der Waals surface area contributed by atoms with E-state index in [4.69, 9.17) is 0 Å². The zero-order chi connectivity index (χ0) is 35.7. The van der Waals surface area contributed by atoms with E-state index < -0.39 is 91.9 Å². The molecule has 13 rings (SSSR count). The second kappa shape index (κ2) is 9.40. The number of benzene rings is 6. The van der Waals surface area contributed by atoms with Gasteiger partial charge in [-0.3, -0.25) is 0 Å². The molecular weight excluding hydrogens is 680 g/mol. The summed E-state index contributed by atoms with van der Waals surface area (Å²) in [7, 11) is 0. The van der Waals surface area contributed by atoms with Crippen LogP contribution in [0.15, 0.2) is 121 Å². The zero-order valence-corrected chi connectivity index (χ0v) is 26.9. The molecule has 0 N–H and O–H groups in total. The van der Waals surface area contributed by atoms with Crippen LogP contribution in [0.1, 0.15) is 102 Å². The summed E-state index contributed by atoms with van der Waals surface area (Å²) in [5.41, 5.74) is -3.47. The summed E-state index contributed by atoms with van der Waals surface area (Å²) in [5, 5.41) is 1.48. The lowest BCUT2D eigenvalue weighted by molar-refractivity contribution is -0.228. The minimum absolute atomic E-state index is 0.456. The Balaban J connectivity index is 1.26. The lowest BCUT2D eigenvalue weighted by Crippen LogP contribution is -2.45. The zero-order valence-electron chi connectivity index (χ0n) is 26.9. The first-order valence-electron chi connectivity index (χ1n) is 17.1. The lowest BCUT2D eigenvalue weighted by atomic mass is 9.57. The fraction of sp³-hybridized carbons (Fsp3) is 0.182. The summed E-state index contributed by atoms with van der Waals surface area (Å²) in [6, 6.07) is 26.1. The molecule has 0 aliphatic heterocycles. The number of hydrogen-bond acceptors (Lipinski definition) is 0. The molecule has 6 aromatic carbocycles. The van der Waals surface area contributed by atoms with Gasteiger partial charge in [-0.15, -0.1) is 0 Å². The van der Waals surface area contributed by atoms with Gasteiger partial charge in [-0.25, -0.2) is 0 Å². The molecule has 0 saturated heterocycles. The molecule has 0 spiro atoms. The molecule has 0 amide bonds. The first-order chi connectivity index (χ1) is 24.9. The molecule has 6 aromatic rings. The topological polar surface area (TPSA) is 0 Å². The number of fused-ring (bicyclic) bond motifs is 7. The van der Waals surface area contributed by atoms with Crippen LogP contribution in [0.4, 0.5) is 35.1 Å². The number of hydrogen-bond donors (Lipinski definition) is 0. The second-order valence-electron chi connectivity index (χ2n) is 14.6. The molecule has 0 nitrogen and oxygen atoms in total. The molecule has 0 saturated carbocycles. The molecule has 0 heterocycles. The fourth-order valence-corrected chi connectivity index (χ4v) is 10.1. The molecule has 2 unspecified atom stereocenters. The largest absolute Gasteiger partial charge is 0.340 e.